The van der Waals surface area contributed by atoms with E-state index in [2.05, 4.69) is 38.5 Å². The van der Waals surface area contributed by atoms with E-state index in [0.29, 0.717) is 18.1 Å². The monoisotopic (exact) mass is 278 g/mol. The Morgan fingerprint density at radius 3 is 2.55 bits per heavy atom. The molecule has 0 saturated carbocycles. The zero-order valence-corrected chi connectivity index (χ0v) is 13.2. The molecule has 1 aromatic rings. The predicted molar refractivity (Wildman–Crippen MR) is 81.1 cm³/mol. The Morgan fingerprint density at radius 1 is 1.35 bits per heavy atom. The number of benzene rings is 1. The van der Waals surface area contributed by atoms with Crippen LogP contribution in [0.15, 0.2) is 18.2 Å². The van der Waals surface area contributed by atoms with Crippen molar-refractivity contribution in [2.75, 3.05) is 7.11 Å². The van der Waals surface area contributed by atoms with Gasteiger partial charge in [-0.1, -0.05) is 39.8 Å². The highest BCUT2D eigenvalue weighted by Crippen LogP contribution is 2.34. The molecule has 3 heteroatoms. The minimum absolute atomic E-state index is 0.0225. The minimum atomic E-state index is -0.158. The molecule has 0 aromatic heterocycles. The Morgan fingerprint density at radius 2 is 2.00 bits per heavy atom. The van der Waals surface area contributed by atoms with E-state index >= 15 is 0 Å². The lowest BCUT2D eigenvalue weighted by atomic mass is 9.79. The average molecular weight is 278 g/mol. The number of esters is 1. The van der Waals surface area contributed by atoms with E-state index in [9.17, 15) is 9.90 Å². The maximum absolute atomic E-state index is 11.2. The Hall–Kier alpha value is -1.51. The number of phenolic OH excluding ortho intramolecular Hbond substituents is 1. The third-order valence-electron chi connectivity index (χ3n) is 3.84. The van der Waals surface area contributed by atoms with E-state index in [1.54, 1.807) is 6.07 Å². The summed E-state index contributed by atoms with van der Waals surface area (Å²) >= 11 is 0. The summed E-state index contributed by atoms with van der Waals surface area (Å²) in [6.07, 6.45) is 2.16. The molecule has 0 atom stereocenters. The zero-order valence-electron chi connectivity index (χ0n) is 13.2. The van der Waals surface area contributed by atoms with Gasteiger partial charge in [-0.3, -0.25) is 4.79 Å². The molecule has 0 saturated heterocycles. The van der Waals surface area contributed by atoms with Gasteiger partial charge in [0.1, 0.15) is 5.75 Å². The molecule has 20 heavy (non-hydrogen) atoms. The summed E-state index contributed by atoms with van der Waals surface area (Å²) in [4.78, 5) is 11.2. The quantitative estimate of drug-likeness (QED) is 0.796. The second kappa shape index (κ2) is 6.78. The summed E-state index contributed by atoms with van der Waals surface area (Å²) in [7, 11) is 1.42. The molecule has 1 N–H and O–H groups in total. The fraction of sp³-hybridized carbons (Fsp3) is 0.588. The van der Waals surface area contributed by atoms with Crippen LogP contribution < -0.4 is 0 Å². The Labute approximate surface area is 122 Å². The standard InChI is InChI=1S/C17H26O3/c1-12(2)14-11-13(8-9-15(14)18)17(3,4)10-6-7-16(19)20-5/h8-9,11-12,18H,6-7,10H2,1-5H3. The van der Waals surface area contributed by atoms with Crippen LogP contribution in [0, 0.1) is 0 Å². The highest BCUT2D eigenvalue weighted by atomic mass is 16.5. The number of aromatic hydroxyl groups is 1. The first kappa shape index (κ1) is 16.5. The van der Waals surface area contributed by atoms with E-state index < -0.39 is 0 Å². The van der Waals surface area contributed by atoms with Crippen molar-refractivity contribution in [1.29, 1.82) is 0 Å². The summed E-state index contributed by atoms with van der Waals surface area (Å²) in [5, 5.41) is 9.89. The maximum atomic E-state index is 11.2. The van der Waals surface area contributed by atoms with Gasteiger partial charge < -0.3 is 9.84 Å². The number of phenols is 1. The maximum Gasteiger partial charge on any atom is 0.305 e. The van der Waals surface area contributed by atoms with Crippen molar-refractivity contribution >= 4 is 5.97 Å². The van der Waals surface area contributed by atoms with Crippen molar-refractivity contribution in [2.24, 2.45) is 0 Å². The summed E-state index contributed by atoms with van der Waals surface area (Å²) in [5.41, 5.74) is 2.15. The van der Waals surface area contributed by atoms with Crippen molar-refractivity contribution in [2.45, 2.75) is 58.3 Å². The smallest absolute Gasteiger partial charge is 0.305 e. The number of ether oxygens (including phenoxy) is 1. The van der Waals surface area contributed by atoms with Crippen LogP contribution in [0.4, 0.5) is 0 Å². The molecule has 0 bridgehead atoms. The van der Waals surface area contributed by atoms with Crippen LogP contribution in [0.25, 0.3) is 0 Å². The van der Waals surface area contributed by atoms with Crippen molar-refractivity contribution in [1.82, 2.24) is 0 Å². The SMILES string of the molecule is COC(=O)CCCC(C)(C)c1ccc(O)c(C(C)C)c1. The fourth-order valence-electron chi connectivity index (χ4n) is 2.36. The van der Waals surface area contributed by atoms with Crippen LogP contribution >= 0.6 is 0 Å². The highest BCUT2D eigenvalue weighted by molar-refractivity contribution is 5.69. The van der Waals surface area contributed by atoms with Gasteiger partial charge in [0.25, 0.3) is 0 Å². The molecule has 0 aliphatic rings. The van der Waals surface area contributed by atoms with Crippen molar-refractivity contribution in [3.63, 3.8) is 0 Å². The summed E-state index contributed by atoms with van der Waals surface area (Å²) < 4.78 is 4.66. The molecule has 1 aromatic carbocycles. The molecule has 112 valence electrons. The van der Waals surface area contributed by atoms with Gasteiger partial charge in [-0.05, 0) is 41.4 Å². The normalized spacial score (nSPS) is 11.7. The van der Waals surface area contributed by atoms with E-state index in [1.807, 2.05) is 6.07 Å². The van der Waals surface area contributed by atoms with Crippen LogP contribution in [0.3, 0.4) is 0 Å². The van der Waals surface area contributed by atoms with Crippen molar-refractivity contribution in [3.05, 3.63) is 29.3 Å². The third-order valence-corrected chi connectivity index (χ3v) is 3.84. The molecule has 0 amide bonds. The van der Waals surface area contributed by atoms with Gasteiger partial charge in [0.05, 0.1) is 7.11 Å². The summed E-state index contributed by atoms with van der Waals surface area (Å²) in [5.74, 6) is 0.490. The first-order valence-electron chi connectivity index (χ1n) is 7.18. The number of methoxy groups -OCH3 is 1. The second-order valence-corrected chi connectivity index (χ2v) is 6.24. The molecule has 0 radical (unpaired) electrons. The number of carbonyl (C=O) groups excluding carboxylic acids is 1. The molecule has 0 heterocycles. The van der Waals surface area contributed by atoms with Gasteiger partial charge >= 0.3 is 5.97 Å². The topological polar surface area (TPSA) is 46.5 Å². The summed E-state index contributed by atoms with van der Waals surface area (Å²) in [6.45, 7) is 8.48. The first-order chi connectivity index (χ1) is 9.27. The Balaban J connectivity index is 2.81. The Kier molecular flexibility index (Phi) is 5.61. The lowest BCUT2D eigenvalue weighted by Crippen LogP contribution is -2.18. The van der Waals surface area contributed by atoms with E-state index in [-0.39, 0.29) is 11.4 Å². The van der Waals surface area contributed by atoms with Crippen molar-refractivity contribution < 1.29 is 14.6 Å². The van der Waals surface area contributed by atoms with Gasteiger partial charge in [-0.25, -0.2) is 0 Å². The number of hydrogen-bond donors (Lipinski definition) is 1. The largest absolute Gasteiger partial charge is 0.508 e. The minimum Gasteiger partial charge on any atom is -0.508 e. The molecule has 1 rings (SSSR count). The molecule has 0 unspecified atom stereocenters. The third kappa shape index (κ3) is 4.26. The molecule has 0 fully saturated rings. The van der Waals surface area contributed by atoms with Crippen LogP contribution in [-0.2, 0) is 14.9 Å². The number of carbonyl (C=O) groups is 1. The van der Waals surface area contributed by atoms with Gasteiger partial charge in [0.2, 0.25) is 0 Å². The molecule has 0 aliphatic heterocycles. The van der Waals surface area contributed by atoms with E-state index in [4.69, 9.17) is 0 Å². The van der Waals surface area contributed by atoms with Crippen LogP contribution in [0.1, 0.15) is 64.0 Å². The number of rotatable bonds is 6. The Bertz CT molecular complexity index is 461. The van der Waals surface area contributed by atoms with Gasteiger partial charge in [0.15, 0.2) is 0 Å². The molecular weight excluding hydrogens is 252 g/mol. The molecule has 0 aliphatic carbocycles. The second-order valence-electron chi connectivity index (χ2n) is 6.24. The molecule has 0 spiro atoms. The molecular formula is C17H26O3. The van der Waals surface area contributed by atoms with Crippen LogP contribution in [0.5, 0.6) is 5.75 Å². The van der Waals surface area contributed by atoms with E-state index in [1.165, 1.54) is 12.7 Å². The predicted octanol–water partition coefficient (Wildman–Crippen LogP) is 4.14. The highest BCUT2D eigenvalue weighted by Gasteiger charge is 2.22. The fourth-order valence-corrected chi connectivity index (χ4v) is 2.36. The van der Waals surface area contributed by atoms with Gasteiger partial charge in [-0.2, -0.15) is 0 Å². The van der Waals surface area contributed by atoms with Gasteiger partial charge in [0, 0.05) is 6.42 Å². The molecule has 3 nitrogen and oxygen atoms in total. The first-order valence-corrected chi connectivity index (χ1v) is 7.18. The lowest BCUT2D eigenvalue weighted by molar-refractivity contribution is -0.140. The number of hydrogen-bond acceptors (Lipinski definition) is 3. The van der Waals surface area contributed by atoms with Gasteiger partial charge in [-0.15, -0.1) is 0 Å². The zero-order chi connectivity index (χ0) is 15.3. The average Bonchev–Trinajstić information content (AvgIpc) is 2.38. The van der Waals surface area contributed by atoms with Crippen LogP contribution in [0.2, 0.25) is 0 Å². The van der Waals surface area contributed by atoms with Crippen molar-refractivity contribution in [3.8, 4) is 5.75 Å². The van der Waals surface area contributed by atoms with E-state index in [0.717, 1.165) is 18.4 Å². The van der Waals surface area contributed by atoms with Crippen LogP contribution in [-0.4, -0.2) is 18.2 Å². The lowest BCUT2D eigenvalue weighted by Gasteiger charge is -2.26. The summed E-state index contributed by atoms with van der Waals surface area (Å²) in [6, 6.07) is 5.82.